The van der Waals surface area contributed by atoms with Crippen molar-refractivity contribution in [3.8, 4) is 23.0 Å². The summed E-state index contributed by atoms with van der Waals surface area (Å²) in [4.78, 5) is 8.47. The largest absolute Gasteiger partial charge is 0.442 e. The Labute approximate surface area is 104 Å². The average molecular weight is 238 g/mol. The highest BCUT2D eigenvalue weighted by atomic mass is 16.3. The molecule has 0 atom stereocenters. The number of aromatic nitrogens is 4. The van der Waals surface area contributed by atoms with Gasteiger partial charge in [0.15, 0.2) is 0 Å². The molecule has 3 rings (SSSR count). The highest BCUT2D eigenvalue weighted by Gasteiger charge is 2.11. The first-order valence-corrected chi connectivity index (χ1v) is 5.51. The minimum Gasteiger partial charge on any atom is -0.442 e. The highest BCUT2D eigenvalue weighted by Crippen LogP contribution is 2.21. The maximum Gasteiger partial charge on any atom is 0.266 e. The maximum atomic E-state index is 5.17. The molecule has 2 heterocycles. The van der Waals surface area contributed by atoms with Gasteiger partial charge in [-0.3, -0.25) is 0 Å². The fourth-order valence-electron chi connectivity index (χ4n) is 1.67. The van der Waals surface area contributed by atoms with Gasteiger partial charge < -0.3 is 4.42 Å². The van der Waals surface area contributed by atoms with E-state index in [1.807, 2.05) is 37.3 Å². The van der Waals surface area contributed by atoms with Crippen molar-refractivity contribution in [1.82, 2.24) is 20.2 Å². The van der Waals surface area contributed by atoms with Crippen molar-refractivity contribution in [2.24, 2.45) is 0 Å². The van der Waals surface area contributed by atoms with Crippen LogP contribution >= 0.6 is 0 Å². The summed E-state index contributed by atoms with van der Waals surface area (Å²) < 4.78 is 5.17. The van der Waals surface area contributed by atoms with Crippen molar-refractivity contribution in [3.05, 3.63) is 48.5 Å². The molecule has 0 amide bonds. The molecule has 18 heavy (non-hydrogen) atoms. The molecule has 0 aliphatic heterocycles. The van der Waals surface area contributed by atoms with Crippen LogP contribution in [0.4, 0.5) is 0 Å². The predicted octanol–water partition coefficient (Wildman–Crippen LogP) is 2.50. The van der Waals surface area contributed by atoms with Gasteiger partial charge in [-0.2, -0.15) is 5.10 Å². The van der Waals surface area contributed by atoms with E-state index >= 15 is 0 Å². The van der Waals surface area contributed by atoms with Gasteiger partial charge in [-0.15, -0.1) is 5.10 Å². The molecule has 0 aliphatic rings. The normalized spacial score (nSPS) is 10.5. The lowest BCUT2D eigenvalue weighted by Crippen LogP contribution is -1.99. The van der Waals surface area contributed by atoms with Crippen LogP contribution in [0, 0.1) is 6.92 Å². The first kappa shape index (κ1) is 10.6. The lowest BCUT2D eigenvalue weighted by Gasteiger charge is -2.04. The van der Waals surface area contributed by atoms with E-state index in [4.69, 9.17) is 4.42 Å². The molecule has 5 heteroatoms. The van der Waals surface area contributed by atoms with Crippen LogP contribution in [0.1, 0.15) is 5.69 Å². The Morgan fingerprint density at radius 3 is 2.61 bits per heavy atom. The maximum absolute atomic E-state index is 5.17. The molecule has 3 aromatic rings. The van der Waals surface area contributed by atoms with Gasteiger partial charge in [0.1, 0.15) is 6.26 Å². The monoisotopic (exact) mass is 238 g/mol. The van der Waals surface area contributed by atoms with Crippen LogP contribution in [0.15, 0.2) is 47.2 Å². The SMILES string of the molecule is Cc1nnc(-c2ncco2)nc1-c1ccccc1. The second-order valence-corrected chi connectivity index (χ2v) is 3.77. The summed E-state index contributed by atoms with van der Waals surface area (Å²) in [5.74, 6) is 0.768. The van der Waals surface area contributed by atoms with Crippen LogP contribution in [0.3, 0.4) is 0 Å². The van der Waals surface area contributed by atoms with Gasteiger partial charge in [0.2, 0.25) is 5.82 Å². The zero-order valence-electron chi connectivity index (χ0n) is 9.74. The summed E-state index contributed by atoms with van der Waals surface area (Å²) in [6, 6.07) is 9.85. The summed E-state index contributed by atoms with van der Waals surface area (Å²) >= 11 is 0. The van der Waals surface area contributed by atoms with Gasteiger partial charge in [-0.25, -0.2) is 9.97 Å². The summed E-state index contributed by atoms with van der Waals surface area (Å²) in [7, 11) is 0. The Morgan fingerprint density at radius 2 is 1.89 bits per heavy atom. The van der Waals surface area contributed by atoms with E-state index in [2.05, 4.69) is 20.2 Å². The van der Waals surface area contributed by atoms with Gasteiger partial charge in [0.25, 0.3) is 5.89 Å². The second-order valence-electron chi connectivity index (χ2n) is 3.77. The van der Waals surface area contributed by atoms with Gasteiger partial charge in [-0.1, -0.05) is 30.3 Å². The summed E-state index contributed by atoms with van der Waals surface area (Å²) in [5, 5.41) is 8.09. The van der Waals surface area contributed by atoms with Crippen molar-refractivity contribution in [2.45, 2.75) is 6.92 Å². The van der Waals surface area contributed by atoms with Crippen LogP contribution in [0.5, 0.6) is 0 Å². The second kappa shape index (κ2) is 4.37. The van der Waals surface area contributed by atoms with E-state index in [-0.39, 0.29) is 0 Å². The van der Waals surface area contributed by atoms with Crippen LogP contribution in [0.25, 0.3) is 23.0 Å². The molecule has 1 aromatic carbocycles. The van der Waals surface area contributed by atoms with Gasteiger partial charge >= 0.3 is 0 Å². The number of hydrogen-bond acceptors (Lipinski definition) is 5. The number of benzene rings is 1. The molecule has 2 aromatic heterocycles. The molecule has 0 bridgehead atoms. The van der Waals surface area contributed by atoms with Gasteiger partial charge in [-0.05, 0) is 6.92 Å². The third-order valence-corrected chi connectivity index (χ3v) is 2.53. The van der Waals surface area contributed by atoms with E-state index in [1.165, 1.54) is 6.26 Å². The highest BCUT2D eigenvalue weighted by molar-refractivity contribution is 5.62. The molecular weight excluding hydrogens is 228 g/mol. The minimum absolute atomic E-state index is 0.375. The zero-order chi connectivity index (χ0) is 12.4. The minimum atomic E-state index is 0.375. The fraction of sp³-hybridized carbons (Fsp3) is 0.0769. The Hall–Kier alpha value is -2.56. The van der Waals surface area contributed by atoms with Gasteiger partial charge in [0.05, 0.1) is 17.6 Å². The number of aryl methyl sites for hydroxylation is 1. The zero-order valence-corrected chi connectivity index (χ0v) is 9.74. The molecule has 0 N–H and O–H groups in total. The molecule has 0 spiro atoms. The van der Waals surface area contributed by atoms with Crippen molar-refractivity contribution in [3.63, 3.8) is 0 Å². The number of hydrogen-bond donors (Lipinski definition) is 0. The Morgan fingerprint density at radius 1 is 1.06 bits per heavy atom. The molecule has 0 saturated carbocycles. The first-order valence-electron chi connectivity index (χ1n) is 5.51. The third-order valence-electron chi connectivity index (χ3n) is 2.53. The topological polar surface area (TPSA) is 64.7 Å². The van der Waals surface area contributed by atoms with E-state index in [1.54, 1.807) is 6.20 Å². The van der Waals surface area contributed by atoms with E-state index in [0.717, 1.165) is 17.0 Å². The molecule has 0 aliphatic carbocycles. The lowest BCUT2D eigenvalue weighted by molar-refractivity contribution is 0.567. The first-order chi connectivity index (χ1) is 8.84. The standard InChI is InChI=1S/C13H10N4O/c1-9-11(10-5-3-2-4-6-10)15-12(17-16-9)13-14-7-8-18-13/h2-8H,1H3. The number of oxazole rings is 1. The third kappa shape index (κ3) is 1.86. The van der Waals surface area contributed by atoms with Crippen molar-refractivity contribution in [1.29, 1.82) is 0 Å². The van der Waals surface area contributed by atoms with Crippen molar-refractivity contribution < 1.29 is 4.42 Å². The molecule has 5 nitrogen and oxygen atoms in total. The molecule has 0 radical (unpaired) electrons. The summed E-state index contributed by atoms with van der Waals surface area (Å²) in [5.41, 5.74) is 2.56. The van der Waals surface area contributed by atoms with Gasteiger partial charge in [0, 0.05) is 5.56 Å². The molecule has 0 unspecified atom stereocenters. The van der Waals surface area contributed by atoms with Crippen molar-refractivity contribution in [2.75, 3.05) is 0 Å². The quantitative estimate of drug-likeness (QED) is 0.686. The summed E-state index contributed by atoms with van der Waals surface area (Å²) in [6.45, 7) is 1.88. The van der Waals surface area contributed by atoms with E-state index in [9.17, 15) is 0 Å². The Bertz CT molecular complexity index is 650. The van der Waals surface area contributed by atoms with Crippen LogP contribution in [-0.2, 0) is 0 Å². The lowest BCUT2D eigenvalue weighted by atomic mass is 10.1. The molecule has 88 valence electrons. The molecule has 0 saturated heterocycles. The van der Waals surface area contributed by atoms with Crippen LogP contribution < -0.4 is 0 Å². The van der Waals surface area contributed by atoms with Crippen LogP contribution in [-0.4, -0.2) is 20.2 Å². The molecule has 0 fully saturated rings. The fourth-order valence-corrected chi connectivity index (χ4v) is 1.67. The van der Waals surface area contributed by atoms with E-state index < -0.39 is 0 Å². The molecular formula is C13H10N4O. The Balaban J connectivity index is 2.13. The predicted molar refractivity (Wildman–Crippen MR) is 65.5 cm³/mol. The smallest absolute Gasteiger partial charge is 0.266 e. The summed E-state index contributed by atoms with van der Waals surface area (Å²) in [6.07, 6.45) is 3.04. The average Bonchev–Trinajstić information content (AvgIpc) is 2.94. The van der Waals surface area contributed by atoms with Crippen molar-refractivity contribution >= 4 is 0 Å². The van der Waals surface area contributed by atoms with E-state index in [0.29, 0.717) is 11.7 Å². The number of rotatable bonds is 2. The number of nitrogens with zero attached hydrogens (tertiary/aromatic N) is 4. The van der Waals surface area contributed by atoms with Crippen LogP contribution in [0.2, 0.25) is 0 Å². The Kier molecular flexibility index (Phi) is 2.57.